The monoisotopic (exact) mass is 878 g/mol. The molecule has 0 aliphatic rings. The van der Waals surface area contributed by atoms with Crippen molar-refractivity contribution >= 4 is 68.2 Å². The van der Waals surface area contributed by atoms with Crippen molar-refractivity contribution in [3.8, 4) is 11.1 Å². The van der Waals surface area contributed by atoms with Gasteiger partial charge in [-0.05, 0) is 183 Å². The van der Waals surface area contributed by atoms with Crippen LogP contribution in [0.3, 0.4) is 0 Å². The molecule has 0 radical (unpaired) electrons. The highest BCUT2D eigenvalue weighted by Gasteiger charge is 2.23. The van der Waals surface area contributed by atoms with E-state index in [4.69, 9.17) is 0 Å². The third-order valence-electron chi connectivity index (χ3n) is 12.4. The summed E-state index contributed by atoms with van der Waals surface area (Å²) in [4.78, 5) is 9.45. The zero-order chi connectivity index (χ0) is 46.4. The van der Waals surface area contributed by atoms with Crippen LogP contribution in [0.4, 0.5) is 68.2 Å². The number of para-hydroxylation sites is 4. The van der Waals surface area contributed by atoms with Crippen molar-refractivity contribution in [2.24, 2.45) is 0 Å². The maximum atomic E-state index is 2.38. The van der Waals surface area contributed by atoms with Gasteiger partial charge in [0.1, 0.15) is 0 Å². The maximum absolute atomic E-state index is 2.38. The van der Waals surface area contributed by atoms with Crippen LogP contribution in [-0.4, -0.2) is 0 Å². The van der Waals surface area contributed by atoms with Crippen molar-refractivity contribution in [3.05, 3.63) is 277 Å². The average Bonchev–Trinajstić information content (AvgIpc) is 3.36. The van der Waals surface area contributed by atoms with E-state index < -0.39 is 0 Å². The molecule has 0 bridgehead atoms. The molecule has 0 unspecified atom stereocenters. The van der Waals surface area contributed by atoms with Crippen LogP contribution in [0.15, 0.2) is 255 Å². The van der Waals surface area contributed by atoms with Gasteiger partial charge in [0.2, 0.25) is 0 Å². The number of benzene rings is 10. The van der Waals surface area contributed by atoms with E-state index in [1.807, 2.05) is 0 Å². The van der Waals surface area contributed by atoms with Gasteiger partial charge in [-0.15, -0.1) is 0 Å². The molecule has 10 aromatic carbocycles. The van der Waals surface area contributed by atoms with E-state index in [2.05, 4.69) is 302 Å². The molecule has 0 spiro atoms. The SMILES string of the molecule is Cc1cccc(N(c2ccc(N(c3ccccc3)c3ccccc3-c3ccccc3N(c3ccccc3)c3ccc(N(c4cccc(C)c4)c4cccc(C)c4)cc3)cc2)c2cccc(C)c2)c1. The Kier molecular flexibility index (Phi) is 12.4. The number of hydrogen-bond donors (Lipinski definition) is 0. The second-order valence-electron chi connectivity index (χ2n) is 17.4. The van der Waals surface area contributed by atoms with Crippen LogP contribution in [0.25, 0.3) is 11.1 Å². The predicted molar refractivity (Wildman–Crippen MR) is 290 cm³/mol. The Morgan fingerprint density at radius 3 is 0.721 bits per heavy atom. The van der Waals surface area contributed by atoms with E-state index in [-0.39, 0.29) is 0 Å². The molecular formula is C64H54N4. The van der Waals surface area contributed by atoms with Gasteiger partial charge in [-0.1, -0.05) is 121 Å². The van der Waals surface area contributed by atoms with Crippen LogP contribution < -0.4 is 19.6 Å². The van der Waals surface area contributed by atoms with E-state index in [0.717, 1.165) is 79.4 Å². The van der Waals surface area contributed by atoms with Crippen LogP contribution in [0.5, 0.6) is 0 Å². The Hall–Kier alpha value is -8.60. The molecular weight excluding hydrogens is 825 g/mol. The molecule has 0 atom stereocenters. The minimum Gasteiger partial charge on any atom is -0.310 e. The molecule has 10 rings (SSSR count). The van der Waals surface area contributed by atoms with Crippen molar-refractivity contribution in [1.29, 1.82) is 0 Å². The summed E-state index contributed by atoms with van der Waals surface area (Å²) in [6.45, 7) is 8.60. The largest absolute Gasteiger partial charge is 0.310 e. The number of anilines is 12. The highest BCUT2D eigenvalue weighted by Crippen LogP contribution is 2.48. The van der Waals surface area contributed by atoms with Gasteiger partial charge in [0, 0.05) is 68.0 Å². The van der Waals surface area contributed by atoms with Crippen LogP contribution in [0, 0.1) is 27.7 Å². The minimum atomic E-state index is 1.06. The second-order valence-corrected chi connectivity index (χ2v) is 17.4. The van der Waals surface area contributed by atoms with Gasteiger partial charge in [0.05, 0.1) is 11.4 Å². The molecule has 0 amide bonds. The molecule has 330 valence electrons. The van der Waals surface area contributed by atoms with Crippen LogP contribution >= 0.6 is 0 Å². The van der Waals surface area contributed by atoms with Crippen molar-refractivity contribution in [3.63, 3.8) is 0 Å². The van der Waals surface area contributed by atoms with Gasteiger partial charge in [-0.25, -0.2) is 0 Å². The minimum absolute atomic E-state index is 1.06. The standard InChI is InChI=1S/C64H54N4/c1-47-19-15-27-57(43-47)65(58-28-16-20-48(2)44-58)53-35-39-55(40-36-53)67(51-23-7-5-8-24-51)63-33-13-11-31-61(63)62-32-12-14-34-64(62)68(52-25-9-6-10-26-52)56-41-37-54(38-42-56)66(59-29-17-21-49(3)45-59)60-30-18-22-50(4)46-60/h5-46H,1-4H3. The third kappa shape index (κ3) is 9.13. The molecule has 0 saturated carbocycles. The summed E-state index contributed by atoms with van der Waals surface area (Å²) in [6, 6.07) is 91.8. The van der Waals surface area contributed by atoms with Crippen molar-refractivity contribution in [1.82, 2.24) is 0 Å². The molecule has 10 aromatic rings. The number of rotatable bonds is 13. The molecule has 0 fully saturated rings. The van der Waals surface area contributed by atoms with Crippen LogP contribution in [-0.2, 0) is 0 Å². The molecule has 0 aromatic heterocycles. The number of hydrogen-bond acceptors (Lipinski definition) is 4. The lowest BCUT2D eigenvalue weighted by molar-refractivity contribution is 1.24. The van der Waals surface area contributed by atoms with Gasteiger partial charge in [0.25, 0.3) is 0 Å². The topological polar surface area (TPSA) is 13.0 Å². The van der Waals surface area contributed by atoms with Crippen LogP contribution in [0.1, 0.15) is 22.3 Å². The first-order valence-corrected chi connectivity index (χ1v) is 23.3. The van der Waals surface area contributed by atoms with E-state index >= 15 is 0 Å². The lowest BCUT2D eigenvalue weighted by atomic mass is 9.98. The summed E-state index contributed by atoms with van der Waals surface area (Å²) in [5.41, 5.74) is 20.2. The van der Waals surface area contributed by atoms with E-state index in [0.29, 0.717) is 0 Å². The van der Waals surface area contributed by atoms with Crippen molar-refractivity contribution in [2.45, 2.75) is 27.7 Å². The fraction of sp³-hybridized carbons (Fsp3) is 0.0625. The molecule has 68 heavy (non-hydrogen) atoms. The zero-order valence-corrected chi connectivity index (χ0v) is 39.0. The van der Waals surface area contributed by atoms with Gasteiger partial charge in [-0.2, -0.15) is 0 Å². The van der Waals surface area contributed by atoms with Crippen molar-refractivity contribution in [2.75, 3.05) is 19.6 Å². The van der Waals surface area contributed by atoms with E-state index in [1.54, 1.807) is 0 Å². The first-order chi connectivity index (χ1) is 33.4. The summed E-state index contributed by atoms with van der Waals surface area (Å²) in [7, 11) is 0. The van der Waals surface area contributed by atoms with E-state index in [1.165, 1.54) is 22.3 Å². The summed E-state index contributed by atoms with van der Waals surface area (Å²) in [5.74, 6) is 0. The Balaban J connectivity index is 1.08. The number of aryl methyl sites for hydroxylation is 4. The van der Waals surface area contributed by atoms with Crippen LogP contribution in [0.2, 0.25) is 0 Å². The Bertz CT molecular complexity index is 2980. The summed E-state index contributed by atoms with van der Waals surface area (Å²) < 4.78 is 0. The summed E-state index contributed by atoms with van der Waals surface area (Å²) >= 11 is 0. The molecule has 0 aliphatic heterocycles. The highest BCUT2D eigenvalue weighted by atomic mass is 15.2. The van der Waals surface area contributed by atoms with Gasteiger partial charge < -0.3 is 19.6 Å². The maximum Gasteiger partial charge on any atom is 0.0540 e. The van der Waals surface area contributed by atoms with Gasteiger partial charge >= 0.3 is 0 Å². The zero-order valence-electron chi connectivity index (χ0n) is 39.0. The third-order valence-corrected chi connectivity index (χ3v) is 12.4. The summed E-state index contributed by atoms with van der Waals surface area (Å²) in [5, 5.41) is 0. The first kappa shape index (κ1) is 43.3. The molecule has 0 heterocycles. The predicted octanol–water partition coefficient (Wildman–Crippen LogP) is 18.5. The molecule has 0 N–H and O–H groups in total. The molecule has 0 aliphatic carbocycles. The lowest BCUT2D eigenvalue weighted by Crippen LogP contribution is -2.14. The fourth-order valence-electron chi connectivity index (χ4n) is 9.27. The molecule has 0 saturated heterocycles. The first-order valence-electron chi connectivity index (χ1n) is 23.3. The highest BCUT2D eigenvalue weighted by molar-refractivity contribution is 5.96. The summed E-state index contributed by atoms with van der Waals surface area (Å²) in [6.07, 6.45) is 0. The fourth-order valence-corrected chi connectivity index (χ4v) is 9.27. The Morgan fingerprint density at radius 1 is 0.191 bits per heavy atom. The molecule has 4 nitrogen and oxygen atoms in total. The van der Waals surface area contributed by atoms with Gasteiger partial charge in [-0.3, -0.25) is 0 Å². The number of nitrogens with zero attached hydrogens (tertiary/aromatic N) is 4. The normalized spacial score (nSPS) is 10.9. The quantitative estimate of drug-likeness (QED) is 0.114. The average molecular weight is 879 g/mol. The van der Waals surface area contributed by atoms with Gasteiger partial charge in [0.15, 0.2) is 0 Å². The Labute approximate surface area is 401 Å². The van der Waals surface area contributed by atoms with E-state index in [9.17, 15) is 0 Å². The molecule has 4 heteroatoms. The lowest BCUT2D eigenvalue weighted by Gasteiger charge is -2.32. The second kappa shape index (κ2) is 19.5. The van der Waals surface area contributed by atoms with Crippen molar-refractivity contribution < 1.29 is 0 Å². The smallest absolute Gasteiger partial charge is 0.0540 e. The Morgan fingerprint density at radius 2 is 0.426 bits per heavy atom.